The molecule has 0 saturated heterocycles. The number of carbonyl (C=O) groups is 1. The smallest absolute Gasteiger partial charge is 0.285 e. The summed E-state index contributed by atoms with van der Waals surface area (Å²) < 4.78 is 28.4. The summed E-state index contributed by atoms with van der Waals surface area (Å²) in [7, 11) is -4.09. The van der Waals surface area contributed by atoms with Gasteiger partial charge in [-0.3, -0.25) is 4.79 Å². The van der Waals surface area contributed by atoms with Crippen molar-refractivity contribution in [1.82, 2.24) is 14.3 Å². The summed E-state index contributed by atoms with van der Waals surface area (Å²) in [5, 5.41) is 0.0357. The van der Waals surface area contributed by atoms with Crippen molar-refractivity contribution in [3.63, 3.8) is 0 Å². The van der Waals surface area contributed by atoms with Crippen molar-refractivity contribution in [3.8, 4) is 5.69 Å². The van der Waals surface area contributed by atoms with Gasteiger partial charge in [0.15, 0.2) is 0 Å². The lowest BCUT2D eigenvalue weighted by Crippen LogP contribution is -2.31. The molecule has 0 fully saturated rings. The molecule has 0 bridgehead atoms. The van der Waals surface area contributed by atoms with E-state index in [-0.39, 0.29) is 15.6 Å². The Morgan fingerprint density at radius 2 is 1.77 bits per heavy atom. The lowest BCUT2D eigenvalue weighted by molar-refractivity contribution is 0.0977. The highest BCUT2D eigenvalue weighted by Gasteiger charge is 2.22. The number of sulfonamides is 1. The van der Waals surface area contributed by atoms with Crippen LogP contribution in [0, 0.1) is 13.8 Å². The Kier molecular flexibility index (Phi) is 4.84. The summed E-state index contributed by atoms with van der Waals surface area (Å²) in [4.78, 5) is 16.2. The maximum absolute atomic E-state index is 12.4. The molecular weight excluding hydrogens is 374 g/mol. The maximum atomic E-state index is 12.4. The first-order chi connectivity index (χ1) is 12.3. The quantitative estimate of drug-likeness (QED) is 0.742. The zero-order valence-corrected chi connectivity index (χ0v) is 15.7. The van der Waals surface area contributed by atoms with Gasteiger partial charge in [-0.2, -0.15) is 0 Å². The first-order valence-electron chi connectivity index (χ1n) is 7.70. The van der Waals surface area contributed by atoms with Crippen LogP contribution in [0.15, 0.2) is 59.9 Å². The number of carbonyl (C=O) groups excluding carboxylic acids is 1. The number of nitrogens with one attached hydrogen (secondary N) is 1. The summed E-state index contributed by atoms with van der Waals surface area (Å²) in [6, 6.07) is 11.8. The molecule has 0 radical (unpaired) electrons. The molecule has 1 amide bonds. The first kappa shape index (κ1) is 18.2. The molecule has 8 heteroatoms. The van der Waals surface area contributed by atoms with E-state index in [2.05, 4.69) is 4.98 Å². The van der Waals surface area contributed by atoms with E-state index >= 15 is 0 Å². The number of halogens is 1. The molecule has 3 aromatic rings. The second-order valence-corrected chi connectivity index (χ2v) is 7.94. The van der Waals surface area contributed by atoms with E-state index in [1.54, 1.807) is 10.6 Å². The van der Waals surface area contributed by atoms with Gasteiger partial charge in [-0.15, -0.1) is 0 Å². The summed E-state index contributed by atoms with van der Waals surface area (Å²) in [5.41, 5.74) is 2.96. The second kappa shape index (κ2) is 6.93. The molecule has 0 spiro atoms. The highest BCUT2D eigenvalue weighted by atomic mass is 35.5. The molecular formula is C18H16ClN3O3S. The van der Waals surface area contributed by atoms with Crippen LogP contribution in [-0.4, -0.2) is 23.9 Å². The van der Waals surface area contributed by atoms with Crippen LogP contribution in [0.1, 0.15) is 21.6 Å². The number of aryl methyl sites for hydroxylation is 2. The molecule has 3 rings (SSSR count). The van der Waals surface area contributed by atoms with Gasteiger partial charge >= 0.3 is 0 Å². The summed E-state index contributed by atoms with van der Waals surface area (Å²) >= 11 is 5.90. The van der Waals surface area contributed by atoms with Crippen LogP contribution < -0.4 is 4.72 Å². The normalized spacial score (nSPS) is 11.3. The van der Waals surface area contributed by atoms with Gasteiger partial charge in [0.2, 0.25) is 0 Å². The van der Waals surface area contributed by atoms with Gasteiger partial charge in [-0.25, -0.2) is 18.1 Å². The molecule has 0 atom stereocenters. The van der Waals surface area contributed by atoms with Gasteiger partial charge in [0, 0.05) is 11.9 Å². The van der Waals surface area contributed by atoms with E-state index in [0.717, 1.165) is 16.8 Å². The van der Waals surface area contributed by atoms with Gasteiger partial charge < -0.3 is 4.57 Å². The lowest BCUT2D eigenvalue weighted by Gasteiger charge is -2.07. The molecule has 6 nitrogen and oxygen atoms in total. The third kappa shape index (κ3) is 3.79. The fraction of sp³-hybridized carbons (Fsp3) is 0.111. The molecule has 0 aliphatic rings. The average Bonchev–Trinajstić information content (AvgIpc) is 3.04. The van der Waals surface area contributed by atoms with E-state index in [4.69, 9.17) is 11.6 Å². The van der Waals surface area contributed by atoms with Crippen molar-refractivity contribution in [2.45, 2.75) is 18.7 Å². The number of rotatable bonds is 4. The van der Waals surface area contributed by atoms with Crippen LogP contribution in [0.25, 0.3) is 5.69 Å². The SMILES string of the molecule is Cc1cc(C)cc(-n2cnc(C(=O)NS(=O)(=O)c3ccccc3Cl)c2)c1. The minimum atomic E-state index is -4.09. The Morgan fingerprint density at radius 1 is 1.12 bits per heavy atom. The Morgan fingerprint density at radius 3 is 2.42 bits per heavy atom. The number of nitrogens with zero attached hydrogens (tertiary/aromatic N) is 2. The number of amides is 1. The molecule has 134 valence electrons. The summed E-state index contributed by atoms with van der Waals surface area (Å²) in [6.45, 7) is 3.94. The highest BCUT2D eigenvalue weighted by Crippen LogP contribution is 2.20. The Hall–Kier alpha value is -2.64. The molecule has 1 aromatic heterocycles. The predicted octanol–water partition coefficient (Wildman–Crippen LogP) is 3.26. The molecule has 26 heavy (non-hydrogen) atoms. The average molecular weight is 390 g/mol. The number of hydrogen-bond acceptors (Lipinski definition) is 4. The molecule has 0 aliphatic heterocycles. The van der Waals surface area contributed by atoms with Gasteiger partial charge in [-0.05, 0) is 49.2 Å². The first-order valence-corrected chi connectivity index (χ1v) is 9.57. The van der Waals surface area contributed by atoms with E-state index in [0.29, 0.717) is 0 Å². The zero-order valence-electron chi connectivity index (χ0n) is 14.1. The van der Waals surface area contributed by atoms with Gasteiger partial charge in [0.05, 0.1) is 5.02 Å². The van der Waals surface area contributed by atoms with Crippen LogP contribution >= 0.6 is 11.6 Å². The van der Waals surface area contributed by atoms with Crippen LogP contribution in [0.4, 0.5) is 0 Å². The second-order valence-electron chi connectivity index (χ2n) is 5.88. The predicted molar refractivity (Wildman–Crippen MR) is 99.1 cm³/mol. The highest BCUT2D eigenvalue weighted by molar-refractivity contribution is 7.90. The minimum Gasteiger partial charge on any atom is -0.305 e. The minimum absolute atomic E-state index is 0.0141. The molecule has 2 aromatic carbocycles. The number of hydrogen-bond donors (Lipinski definition) is 1. The van der Waals surface area contributed by atoms with E-state index in [1.165, 1.54) is 30.7 Å². The molecule has 1 N–H and O–H groups in total. The monoisotopic (exact) mass is 389 g/mol. The number of aromatic nitrogens is 2. The zero-order chi connectivity index (χ0) is 18.9. The fourth-order valence-corrected chi connectivity index (χ4v) is 4.05. The number of benzene rings is 2. The Bertz CT molecular complexity index is 1070. The molecule has 0 saturated carbocycles. The van der Waals surface area contributed by atoms with Crippen molar-refractivity contribution in [1.29, 1.82) is 0 Å². The van der Waals surface area contributed by atoms with Crippen molar-refractivity contribution < 1.29 is 13.2 Å². The maximum Gasteiger partial charge on any atom is 0.285 e. The van der Waals surface area contributed by atoms with Gasteiger partial charge in [0.25, 0.3) is 15.9 Å². The summed E-state index contributed by atoms with van der Waals surface area (Å²) in [5.74, 6) is -0.826. The van der Waals surface area contributed by atoms with Crippen LogP contribution in [0.3, 0.4) is 0 Å². The van der Waals surface area contributed by atoms with Crippen LogP contribution in [-0.2, 0) is 10.0 Å². The van der Waals surface area contributed by atoms with Crippen LogP contribution in [0.2, 0.25) is 5.02 Å². The van der Waals surface area contributed by atoms with Crippen molar-refractivity contribution >= 4 is 27.5 Å². The third-order valence-corrected chi connectivity index (χ3v) is 5.50. The number of imidazole rings is 1. The fourth-order valence-electron chi connectivity index (χ4n) is 2.57. The lowest BCUT2D eigenvalue weighted by atomic mass is 10.1. The Labute approximate surface area is 156 Å². The standard InChI is InChI=1S/C18H16ClN3O3S/c1-12-7-13(2)9-14(8-12)22-10-16(20-11-22)18(23)21-26(24,25)17-6-4-3-5-15(17)19/h3-11H,1-2H3,(H,21,23). The summed E-state index contributed by atoms with van der Waals surface area (Å²) in [6.07, 6.45) is 2.94. The molecule has 1 heterocycles. The van der Waals surface area contributed by atoms with E-state index in [1.807, 2.05) is 36.8 Å². The Balaban J connectivity index is 1.86. The van der Waals surface area contributed by atoms with Gasteiger partial charge in [0.1, 0.15) is 16.9 Å². The van der Waals surface area contributed by atoms with E-state index in [9.17, 15) is 13.2 Å². The molecule has 0 unspecified atom stereocenters. The van der Waals surface area contributed by atoms with Gasteiger partial charge in [-0.1, -0.05) is 29.8 Å². The van der Waals surface area contributed by atoms with Crippen molar-refractivity contribution in [2.75, 3.05) is 0 Å². The molecule has 0 aliphatic carbocycles. The van der Waals surface area contributed by atoms with Crippen LogP contribution in [0.5, 0.6) is 0 Å². The largest absolute Gasteiger partial charge is 0.305 e. The van der Waals surface area contributed by atoms with Crippen molar-refractivity contribution in [3.05, 3.63) is 76.8 Å². The topological polar surface area (TPSA) is 81.1 Å². The third-order valence-electron chi connectivity index (χ3n) is 3.67. The van der Waals surface area contributed by atoms with E-state index < -0.39 is 15.9 Å². The van der Waals surface area contributed by atoms with Crippen molar-refractivity contribution in [2.24, 2.45) is 0 Å².